The van der Waals surface area contributed by atoms with Gasteiger partial charge in [0.2, 0.25) is 0 Å². The number of amides is 1. The highest BCUT2D eigenvalue weighted by atomic mass is 19.4. The first-order chi connectivity index (χ1) is 12.8. The molecule has 0 N–H and O–H groups in total. The number of hydrazine groups is 1. The van der Waals surface area contributed by atoms with E-state index in [1.54, 1.807) is 18.0 Å². The Morgan fingerprint density at radius 3 is 2.74 bits per heavy atom. The van der Waals surface area contributed by atoms with Gasteiger partial charge in [0.15, 0.2) is 5.82 Å². The molecule has 9 heteroatoms. The molecule has 27 heavy (non-hydrogen) atoms. The summed E-state index contributed by atoms with van der Waals surface area (Å²) >= 11 is 0. The molecule has 0 atom stereocenters. The first-order valence-electron chi connectivity index (χ1n) is 8.63. The van der Waals surface area contributed by atoms with Gasteiger partial charge in [-0.1, -0.05) is 6.92 Å². The average molecular weight is 379 g/mol. The monoisotopic (exact) mass is 379 g/mol. The largest absolute Gasteiger partial charge is 0.416 e. The number of aryl methyl sites for hydroxylation is 1. The number of alkyl halides is 3. The SMILES string of the molecule is CCN1CCCN1C(=O)/C=C\n1cnc(-c2cc(C)cc(C(F)(F)F)c2)n1. The van der Waals surface area contributed by atoms with Crippen molar-refractivity contribution in [2.45, 2.75) is 26.4 Å². The molecule has 0 saturated carbocycles. The van der Waals surface area contributed by atoms with Crippen molar-refractivity contribution >= 4 is 12.1 Å². The number of nitrogens with zero attached hydrogens (tertiary/aromatic N) is 5. The molecule has 144 valence electrons. The van der Waals surface area contributed by atoms with E-state index in [2.05, 4.69) is 10.1 Å². The normalized spacial score (nSPS) is 15.8. The van der Waals surface area contributed by atoms with Gasteiger partial charge in [-0.25, -0.2) is 14.7 Å². The highest BCUT2D eigenvalue weighted by Gasteiger charge is 2.31. The number of hydrogen-bond acceptors (Lipinski definition) is 4. The molecule has 0 spiro atoms. The zero-order valence-electron chi connectivity index (χ0n) is 15.1. The van der Waals surface area contributed by atoms with Gasteiger partial charge in [0.25, 0.3) is 5.91 Å². The number of rotatable bonds is 4. The number of aromatic nitrogens is 3. The molecule has 2 heterocycles. The molecule has 1 saturated heterocycles. The minimum atomic E-state index is -4.43. The summed E-state index contributed by atoms with van der Waals surface area (Å²) in [7, 11) is 0. The highest BCUT2D eigenvalue weighted by molar-refractivity contribution is 5.89. The molecule has 1 aliphatic rings. The summed E-state index contributed by atoms with van der Waals surface area (Å²) in [5.41, 5.74) is 0.00125. The van der Waals surface area contributed by atoms with Crippen molar-refractivity contribution in [3.8, 4) is 11.4 Å². The Morgan fingerprint density at radius 2 is 2.04 bits per heavy atom. The average Bonchev–Trinajstić information content (AvgIpc) is 3.27. The topological polar surface area (TPSA) is 54.3 Å². The lowest BCUT2D eigenvalue weighted by Crippen LogP contribution is -2.40. The first kappa shape index (κ1) is 19.1. The second-order valence-electron chi connectivity index (χ2n) is 6.31. The van der Waals surface area contributed by atoms with Crippen LogP contribution < -0.4 is 0 Å². The summed E-state index contributed by atoms with van der Waals surface area (Å²) in [6, 6.07) is 3.69. The van der Waals surface area contributed by atoms with E-state index in [1.807, 2.05) is 11.9 Å². The number of hydrogen-bond donors (Lipinski definition) is 0. The lowest BCUT2D eigenvalue weighted by Gasteiger charge is -2.25. The molecule has 1 aromatic carbocycles. The predicted octanol–water partition coefficient (Wildman–Crippen LogP) is 3.21. The van der Waals surface area contributed by atoms with Crippen LogP contribution in [0.3, 0.4) is 0 Å². The maximum absolute atomic E-state index is 13.0. The van der Waals surface area contributed by atoms with Crippen LogP contribution in [0.15, 0.2) is 30.6 Å². The van der Waals surface area contributed by atoms with Gasteiger partial charge in [-0.15, -0.1) is 5.10 Å². The molecule has 6 nitrogen and oxygen atoms in total. The van der Waals surface area contributed by atoms with E-state index >= 15 is 0 Å². The van der Waals surface area contributed by atoms with E-state index in [0.717, 1.165) is 31.6 Å². The molecule has 1 amide bonds. The third kappa shape index (κ3) is 4.36. The lowest BCUT2D eigenvalue weighted by molar-refractivity contribution is -0.138. The van der Waals surface area contributed by atoms with Crippen LogP contribution in [0, 0.1) is 6.92 Å². The predicted molar refractivity (Wildman–Crippen MR) is 94.1 cm³/mol. The van der Waals surface area contributed by atoms with Crippen LogP contribution in [-0.4, -0.2) is 50.3 Å². The van der Waals surface area contributed by atoms with E-state index in [9.17, 15) is 18.0 Å². The minimum Gasteiger partial charge on any atom is -0.272 e. The summed E-state index contributed by atoms with van der Waals surface area (Å²) in [6.07, 6.45) is 0.678. The van der Waals surface area contributed by atoms with E-state index in [4.69, 9.17) is 0 Å². The van der Waals surface area contributed by atoms with E-state index in [0.29, 0.717) is 12.1 Å². The van der Waals surface area contributed by atoms with Crippen LogP contribution in [0.1, 0.15) is 24.5 Å². The van der Waals surface area contributed by atoms with Crippen molar-refractivity contribution in [1.82, 2.24) is 24.8 Å². The molecule has 0 bridgehead atoms. The first-order valence-corrected chi connectivity index (χ1v) is 8.63. The van der Waals surface area contributed by atoms with Gasteiger partial charge in [-0.2, -0.15) is 13.2 Å². The molecular formula is C18H20F3N5O. The van der Waals surface area contributed by atoms with E-state index < -0.39 is 11.7 Å². The quantitative estimate of drug-likeness (QED) is 0.766. The number of carbonyl (C=O) groups is 1. The smallest absolute Gasteiger partial charge is 0.272 e. The highest BCUT2D eigenvalue weighted by Crippen LogP contribution is 2.32. The van der Waals surface area contributed by atoms with Gasteiger partial charge in [-0.3, -0.25) is 9.80 Å². The van der Waals surface area contributed by atoms with Gasteiger partial charge < -0.3 is 0 Å². The third-order valence-corrected chi connectivity index (χ3v) is 4.29. The molecule has 3 rings (SSSR count). The zero-order chi connectivity index (χ0) is 19.6. The molecular weight excluding hydrogens is 359 g/mol. The lowest BCUT2D eigenvalue weighted by atomic mass is 10.1. The summed E-state index contributed by atoms with van der Waals surface area (Å²) in [6.45, 7) is 5.84. The molecule has 1 aromatic heterocycles. The van der Waals surface area contributed by atoms with Crippen molar-refractivity contribution in [3.05, 3.63) is 41.7 Å². The molecule has 1 aliphatic heterocycles. The number of benzene rings is 1. The van der Waals surface area contributed by atoms with Gasteiger partial charge >= 0.3 is 6.18 Å². The van der Waals surface area contributed by atoms with Crippen LogP contribution >= 0.6 is 0 Å². The molecule has 0 radical (unpaired) electrons. The fraction of sp³-hybridized carbons (Fsp3) is 0.389. The third-order valence-electron chi connectivity index (χ3n) is 4.29. The van der Waals surface area contributed by atoms with E-state index in [-0.39, 0.29) is 17.3 Å². The molecule has 0 aliphatic carbocycles. The second-order valence-corrected chi connectivity index (χ2v) is 6.31. The number of halogens is 3. The summed E-state index contributed by atoms with van der Waals surface area (Å²) < 4.78 is 40.3. The summed E-state index contributed by atoms with van der Waals surface area (Å²) in [5.74, 6) is -0.000954. The van der Waals surface area contributed by atoms with Crippen LogP contribution in [0.25, 0.3) is 17.6 Å². The Kier molecular flexibility index (Phi) is 5.31. The van der Waals surface area contributed by atoms with Crippen LogP contribution in [0.2, 0.25) is 0 Å². The fourth-order valence-corrected chi connectivity index (χ4v) is 3.02. The van der Waals surface area contributed by atoms with Crippen LogP contribution in [-0.2, 0) is 11.0 Å². The van der Waals surface area contributed by atoms with Crippen LogP contribution in [0.4, 0.5) is 13.2 Å². The fourth-order valence-electron chi connectivity index (χ4n) is 3.02. The van der Waals surface area contributed by atoms with Crippen LogP contribution in [0.5, 0.6) is 0 Å². The van der Waals surface area contributed by atoms with Crippen molar-refractivity contribution in [1.29, 1.82) is 0 Å². The molecule has 1 fully saturated rings. The Bertz CT molecular complexity index is 859. The second kappa shape index (κ2) is 7.51. The van der Waals surface area contributed by atoms with Gasteiger partial charge in [0.05, 0.1) is 5.56 Å². The van der Waals surface area contributed by atoms with Crippen molar-refractivity contribution in [2.24, 2.45) is 0 Å². The van der Waals surface area contributed by atoms with E-state index in [1.165, 1.54) is 23.3 Å². The van der Waals surface area contributed by atoms with Gasteiger partial charge in [0, 0.05) is 37.5 Å². The number of carbonyl (C=O) groups excluding carboxylic acids is 1. The molecule has 2 aromatic rings. The summed E-state index contributed by atoms with van der Waals surface area (Å²) in [4.78, 5) is 16.3. The maximum Gasteiger partial charge on any atom is 0.416 e. The summed E-state index contributed by atoms with van der Waals surface area (Å²) in [5, 5.41) is 7.78. The minimum absolute atomic E-state index is 0.164. The van der Waals surface area contributed by atoms with Gasteiger partial charge in [0.1, 0.15) is 6.33 Å². The Hall–Kier alpha value is -2.68. The van der Waals surface area contributed by atoms with Gasteiger partial charge in [-0.05, 0) is 37.1 Å². The Labute approximate surface area is 154 Å². The molecule has 0 unspecified atom stereocenters. The standard InChI is InChI=1S/C18H20F3N5O/c1-3-25-6-4-7-26(25)16(27)5-8-24-12-22-17(23-24)14-9-13(2)10-15(11-14)18(19,20)21/h5,8-12H,3-4,6-7H2,1-2H3/b8-5-. The Balaban J connectivity index is 1.77. The maximum atomic E-state index is 13.0. The van der Waals surface area contributed by atoms with Crippen molar-refractivity contribution in [2.75, 3.05) is 19.6 Å². The Morgan fingerprint density at radius 1 is 1.26 bits per heavy atom. The van der Waals surface area contributed by atoms with Crippen molar-refractivity contribution < 1.29 is 18.0 Å². The van der Waals surface area contributed by atoms with Crippen molar-refractivity contribution in [3.63, 3.8) is 0 Å². The zero-order valence-corrected chi connectivity index (χ0v) is 15.1.